The Morgan fingerprint density at radius 3 is 2.40 bits per heavy atom. The minimum Gasteiger partial charge on any atom is -0.488 e. The Hall–Kier alpha value is -3.32. The van der Waals surface area contributed by atoms with Crippen LogP contribution in [0.5, 0.6) is 11.5 Å². The first-order valence-electron chi connectivity index (χ1n) is 9.27. The second-order valence-corrected chi connectivity index (χ2v) is 7.33. The van der Waals surface area contributed by atoms with Gasteiger partial charge in [0.25, 0.3) is 11.8 Å². The maximum absolute atomic E-state index is 12.5. The number of hydrazine groups is 1. The normalized spacial score (nSPS) is 10.2. The Labute approximate surface area is 183 Å². The van der Waals surface area contributed by atoms with E-state index in [2.05, 4.69) is 26.8 Å². The zero-order valence-corrected chi connectivity index (χ0v) is 17.9. The number of rotatable bonds is 7. The lowest BCUT2D eigenvalue weighted by atomic mass is 10.2. The van der Waals surface area contributed by atoms with E-state index >= 15 is 0 Å². The smallest absolute Gasteiger partial charge is 0.276 e. The largest absolute Gasteiger partial charge is 0.488 e. The van der Waals surface area contributed by atoms with Crippen molar-refractivity contribution < 1.29 is 19.1 Å². The van der Waals surface area contributed by atoms with Crippen molar-refractivity contribution in [3.63, 3.8) is 0 Å². The van der Waals surface area contributed by atoms with Crippen molar-refractivity contribution in [3.05, 3.63) is 94.0 Å². The molecule has 0 aromatic heterocycles. The summed E-state index contributed by atoms with van der Waals surface area (Å²) in [5.41, 5.74) is 7.04. The van der Waals surface area contributed by atoms with Gasteiger partial charge in [0.1, 0.15) is 18.1 Å². The zero-order valence-electron chi connectivity index (χ0n) is 16.4. The lowest BCUT2D eigenvalue weighted by Gasteiger charge is -2.13. The van der Waals surface area contributed by atoms with Crippen LogP contribution in [0, 0.1) is 6.92 Å². The first kappa shape index (κ1) is 21.4. The molecule has 0 saturated carbocycles. The number of aryl methyl sites for hydroxylation is 1. The summed E-state index contributed by atoms with van der Waals surface area (Å²) in [4.78, 5) is 24.5. The molecule has 0 radical (unpaired) electrons. The molecule has 7 heteroatoms. The van der Waals surface area contributed by atoms with Crippen LogP contribution in [0.25, 0.3) is 0 Å². The van der Waals surface area contributed by atoms with Crippen LogP contribution in [0.2, 0.25) is 0 Å². The highest BCUT2D eigenvalue weighted by Gasteiger charge is 2.13. The molecule has 0 aliphatic rings. The van der Waals surface area contributed by atoms with Gasteiger partial charge in [0.15, 0.2) is 6.61 Å². The fourth-order valence-corrected chi connectivity index (χ4v) is 2.85. The van der Waals surface area contributed by atoms with Gasteiger partial charge >= 0.3 is 0 Å². The first-order valence-corrected chi connectivity index (χ1v) is 10.1. The average Bonchev–Trinajstić information content (AvgIpc) is 2.77. The third-order valence-electron chi connectivity index (χ3n) is 4.18. The van der Waals surface area contributed by atoms with Crippen LogP contribution in [0.3, 0.4) is 0 Å². The number of hydrogen-bond acceptors (Lipinski definition) is 4. The number of hydrogen-bond donors (Lipinski definition) is 2. The molecule has 3 aromatic carbocycles. The quantitative estimate of drug-likeness (QED) is 0.510. The number of halogens is 1. The van der Waals surface area contributed by atoms with Crippen molar-refractivity contribution in [2.45, 2.75) is 13.5 Å². The number of benzene rings is 3. The molecule has 0 spiro atoms. The van der Waals surface area contributed by atoms with Crippen LogP contribution in [0.15, 0.2) is 77.3 Å². The SMILES string of the molecule is Cc1cc(OCC(=O)NNC(=O)c2ccccc2OCc2ccccc2)ccc1Br. The van der Waals surface area contributed by atoms with Crippen molar-refractivity contribution >= 4 is 27.7 Å². The molecular weight excluding hydrogens is 448 g/mol. The highest BCUT2D eigenvalue weighted by molar-refractivity contribution is 9.10. The molecule has 3 rings (SSSR count). The van der Waals surface area contributed by atoms with Gasteiger partial charge in [-0.3, -0.25) is 20.4 Å². The van der Waals surface area contributed by atoms with E-state index in [4.69, 9.17) is 9.47 Å². The van der Waals surface area contributed by atoms with Gasteiger partial charge in [0, 0.05) is 4.47 Å². The average molecular weight is 469 g/mol. The maximum Gasteiger partial charge on any atom is 0.276 e. The van der Waals surface area contributed by atoms with Gasteiger partial charge in [0.2, 0.25) is 0 Å². The zero-order chi connectivity index (χ0) is 21.3. The van der Waals surface area contributed by atoms with E-state index in [1.807, 2.05) is 49.4 Å². The monoisotopic (exact) mass is 468 g/mol. The number of carbonyl (C=O) groups excluding carboxylic acids is 2. The van der Waals surface area contributed by atoms with Crippen molar-refractivity contribution in [2.75, 3.05) is 6.61 Å². The highest BCUT2D eigenvalue weighted by Crippen LogP contribution is 2.21. The molecule has 0 saturated heterocycles. The van der Waals surface area contributed by atoms with Crippen LogP contribution in [-0.4, -0.2) is 18.4 Å². The van der Waals surface area contributed by atoms with Crippen LogP contribution in [0.1, 0.15) is 21.5 Å². The van der Waals surface area contributed by atoms with E-state index in [9.17, 15) is 9.59 Å². The predicted octanol–water partition coefficient (Wildman–Crippen LogP) is 4.18. The fourth-order valence-electron chi connectivity index (χ4n) is 2.60. The lowest BCUT2D eigenvalue weighted by molar-refractivity contribution is -0.123. The van der Waals surface area contributed by atoms with E-state index in [1.54, 1.807) is 30.3 Å². The Balaban J connectivity index is 1.51. The second kappa shape index (κ2) is 10.5. The molecule has 0 heterocycles. The summed E-state index contributed by atoms with van der Waals surface area (Å²) in [6, 6.07) is 21.9. The highest BCUT2D eigenvalue weighted by atomic mass is 79.9. The minimum atomic E-state index is -0.480. The number of nitrogens with one attached hydrogen (secondary N) is 2. The standard InChI is InChI=1S/C23H21BrN2O4/c1-16-13-18(11-12-20(16)24)29-15-22(27)25-26-23(28)19-9-5-6-10-21(19)30-14-17-7-3-2-4-8-17/h2-13H,14-15H2,1H3,(H,25,27)(H,26,28). The van der Waals surface area contributed by atoms with Gasteiger partial charge in [0.05, 0.1) is 5.56 Å². The molecular formula is C23H21BrN2O4. The molecule has 30 heavy (non-hydrogen) atoms. The topological polar surface area (TPSA) is 76.7 Å². The molecule has 6 nitrogen and oxygen atoms in total. The number of para-hydroxylation sites is 1. The molecule has 3 aromatic rings. The Morgan fingerprint density at radius 2 is 1.63 bits per heavy atom. The maximum atomic E-state index is 12.5. The molecule has 0 bridgehead atoms. The summed E-state index contributed by atoms with van der Waals surface area (Å²) >= 11 is 3.41. The molecule has 0 unspecified atom stereocenters. The lowest BCUT2D eigenvalue weighted by Crippen LogP contribution is -2.43. The van der Waals surface area contributed by atoms with Crippen LogP contribution >= 0.6 is 15.9 Å². The van der Waals surface area contributed by atoms with Crippen LogP contribution < -0.4 is 20.3 Å². The van der Waals surface area contributed by atoms with Crippen molar-refractivity contribution in [1.29, 1.82) is 0 Å². The van der Waals surface area contributed by atoms with Crippen molar-refractivity contribution in [2.24, 2.45) is 0 Å². The Morgan fingerprint density at radius 1 is 0.900 bits per heavy atom. The second-order valence-electron chi connectivity index (χ2n) is 6.47. The summed E-state index contributed by atoms with van der Waals surface area (Å²) in [6.07, 6.45) is 0. The van der Waals surface area contributed by atoms with Gasteiger partial charge in [-0.15, -0.1) is 0 Å². The molecule has 2 N–H and O–H groups in total. The third-order valence-corrected chi connectivity index (χ3v) is 5.07. The van der Waals surface area contributed by atoms with Crippen LogP contribution in [0.4, 0.5) is 0 Å². The molecule has 0 aliphatic heterocycles. The summed E-state index contributed by atoms with van der Waals surface area (Å²) in [5.74, 6) is 0.0321. The summed E-state index contributed by atoms with van der Waals surface area (Å²) in [6.45, 7) is 2.03. The van der Waals surface area contributed by atoms with Gasteiger partial charge < -0.3 is 9.47 Å². The van der Waals surface area contributed by atoms with E-state index in [1.165, 1.54) is 0 Å². The number of amides is 2. The Bertz CT molecular complexity index is 1020. The van der Waals surface area contributed by atoms with Gasteiger partial charge in [-0.05, 0) is 48.4 Å². The predicted molar refractivity (Wildman–Crippen MR) is 117 cm³/mol. The van der Waals surface area contributed by atoms with Gasteiger partial charge in [-0.2, -0.15) is 0 Å². The van der Waals surface area contributed by atoms with E-state index in [0.29, 0.717) is 23.7 Å². The summed E-state index contributed by atoms with van der Waals surface area (Å²) < 4.78 is 12.2. The molecule has 0 atom stereocenters. The molecule has 154 valence electrons. The first-order chi connectivity index (χ1) is 14.5. The molecule has 2 amide bonds. The Kier molecular flexibility index (Phi) is 7.45. The summed E-state index contributed by atoms with van der Waals surface area (Å²) in [7, 11) is 0. The number of carbonyl (C=O) groups is 2. The van der Waals surface area contributed by atoms with Crippen LogP contribution in [-0.2, 0) is 11.4 Å². The van der Waals surface area contributed by atoms with Gasteiger partial charge in [-0.1, -0.05) is 58.4 Å². The molecule has 0 fully saturated rings. The number of ether oxygens (including phenoxy) is 2. The van der Waals surface area contributed by atoms with E-state index in [-0.39, 0.29) is 6.61 Å². The minimum absolute atomic E-state index is 0.229. The molecule has 0 aliphatic carbocycles. The van der Waals surface area contributed by atoms with E-state index in [0.717, 1.165) is 15.6 Å². The summed E-state index contributed by atoms with van der Waals surface area (Å²) in [5, 5.41) is 0. The van der Waals surface area contributed by atoms with Gasteiger partial charge in [-0.25, -0.2) is 0 Å². The van der Waals surface area contributed by atoms with E-state index < -0.39 is 11.8 Å². The third kappa shape index (κ3) is 6.09. The fraction of sp³-hybridized carbons (Fsp3) is 0.130. The van der Waals surface area contributed by atoms with Crippen molar-refractivity contribution in [1.82, 2.24) is 10.9 Å². The van der Waals surface area contributed by atoms with Crippen molar-refractivity contribution in [3.8, 4) is 11.5 Å².